The van der Waals surface area contributed by atoms with E-state index in [1.165, 1.54) is 0 Å². The lowest BCUT2D eigenvalue weighted by molar-refractivity contribution is 0.108. The standard InChI is InChI=1S/C12H26N2O2/c1-3-14(6-8-15-4-2)9-12(13)11-5-7-16-10-11/h11-12H,3-10,13H2,1-2H3. The average molecular weight is 230 g/mol. The smallest absolute Gasteiger partial charge is 0.0593 e. The summed E-state index contributed by atoms with van der Waals surface area (Å²) in [4.78, 5) is 2.36. The van der Waals surface area contributed by atoms with Gasteiger partial charge in [0.2, 0.25) is 0 Å². The van der Waals surface area contributed by atoms with Gasteiger partial charge in [0.25, 0.3) is 0 Å². The molecule has 1 heterocycles. The van der Waals surface area contributed by atoms with Crippen LogP contribution in [0.5, 0.6) is 0 Å². The minimum absolute atomic E-state index is 0.240. The molecule has 0 aromatic rings. The van der Waals surface area contributed by atoms with Gasteiger partial charge in [-0.2, -0.15) is 0 Å². The summed E-state index contributed by atoms with van der Waals surface area (Å²) in [5.41, 5.74) is 6.20. The molecular formula is C12H26N2O2. The number of nitrogens with two attached hydrogens (primary N) is 1. The molecule has 2 unspecified atom stereocenters. The first-order chi connectivity index (χ1) is 7.77. The zero-order valence-electron chi connectivity index (χ0n) is 10.7. The third kappa shape index (κ3) is 4.78. The monoisotopic (exact) mass is 230 g/mol. The molecule has 2 atom stereocenters. The Morgan fingerprint density at radius 1 is 1.50 bits per heavy atom. The van der Waals surface area contributed by atoms with E-state index >= 15 is 0 Å². The summed E-state index contributed by atoms with van der Waals surface area (Å²) in [7, 11) is 0. The normalized spacial score (nSPS) is 22.9. The third-order valence-electron chi connectivity index (χ3n) is 3.24. The lowest BCUT2D eigenvalue weighted by atomic mass is 9.99. The van der Waals surface area contributed by atoms with Crippen LogP contribution in [0.4, 0.5) is 0 Å². The first kappa shape index (κ1) is 13.9. The van der Waals surface area contributed by atoms with E-state index in [2.05, 4.69) is 11.8 Å². The Morgan fingerprint density at radius 2 is 2.31 bits per heavy atom. The molecule has 96 valence electrons. The minimum Gasteiger partial charge on any atom is -0.381 e. The maximum Gasteiger partial charge on any atom is 0.0593 e. The van der Waals surface area contributed by atoms with E-state index in [1.807, 2.05) is 6.92 Å². The van der Waals surface area contributed by atoms with Crippen LogP contribution in [0.25, 0.3) is 0 Å². The highest BCUT2D eigenvalue weighted by molar-refractivity contribution is 4.79. The van der Waals surface area contributed by atoms with E-state index < -0.39 is 0 Å². The first-order valence-electron chi connectivity index (χ1n) is 6.41. The maximum absolute atomic E-state index is 6.20. The fraction of sp³-hybridized carbons (Fsp3) is 1.00. The van der Waals surface area contributed by atoms with Crippen LogP contribution < -0.4 is 5.73 Å². The summed E-state index contributed by atoms with van der Waals surface area (Å²) in [5, 5.41) is 0. The van der Waals surface area contributed by atoms with E-state index in [0.717, 1.165) is 52.5 Å². The second-order valence-electron chi connectivity index (χ2n) is 4.38. The van der Waals surface area contributed by atoms with Gasteiger partial charge in [-0.3, -0.25) is 4.90 Å². The summed E-state index contributed by atoms with van der Waals surface area (Å²) >= 11 is 0. The Kier molecular flexibility index (Phi) is 6.96. The molecule has 1 saturated heterocycles. The Hall–Kier alpha value is -0.160. The fourth-order valence-electron chi connectivity index (χ4n) is 2.05. The minimum atomic E-state index is 0.240. The molecule has 1 aliphatic heterocycles. The van der Waals surface area contributed by atoms with Crippen molar-refractivity contribution < 1.29 is 9.47 Å². The Labute approximate surface area is 99.1 Å². The van der Waals surface area contributed by atoms with Gasteiger partial charge < -0.3 is 15.2 Å². The molecule has 4 nitrogen and oxygen atoms in total. The lowest BCUT2D eigenvalue weighted by Gasteiger charge is -2.26. The van der Waals surface area contributed by atoms with Crippen LogP contribution in [-0.4, -0.2) is 57.0 Å². The van der Waals surface area contributed by atoms with Gasteiger partial charge >= 0.3 is 0 Å². The van der Waals surface area contributed by atoms with Crippen LogP contribution in [0.2, 0.25) is 0 Å². The molecule has 0 aromatic heterocycles. The quantitative estimate of drug-likeness (QED) is 0.624. The molecule has 1 rings (SSSR count). The predicted molar refractivity (Wildman–Crippen MR) is 65.5 cm³/mol. The van der Waals surface area contributed by atoms with Crippen molar-refractivity contribution in [3.05, 3.63) is 0 Å². The van der Waals surface area contributed by atoms with Crippen molar-refractivity contribution in [3.63, 3.8) is 0 Å². The van der Waals surface area contributed by atoms with Crippen molar-refractivity contribution in [2.45, 2.75) is 26.3 Å². The molecule has 1 fully saturated rings. The average Bonchev–Trinajstić information content (AvgIpc) is 2.81. The maximum atomic E-state index is 6.20. The highest BCUT2D eigenvalue weighted by Gasteiger charge is 2.23. The number of ether oxygens (including phenoxy) is 2. The number of hydrogen-bond donors (Lipinski definition) is 1. The van der Waals surface area contributed by atoms with E-state index in [1.54, 1.807) is 0 Å². The van der Waals surface area contributed by atoms with Gasteiger partial charge in [-0.1, -0.05) is 6.92 Å². The van der Waals surface area contributed by atoms with Gasteiger partial charge in [-0.25, -0.2) is 0 Å². The SMILES string of the molecule is CCOCCN(CC)CC(N)C1CCOC1. The fourth-order valence-corrected chi connectivity index (χ4v) is 2.05. The topological polar surface area (TPSA) is 47.7 Å². The van der Waals surface area contributed by atoms with Crippen LogP contribution in [0.1, 0.15) is 20.3 Å². The summed E-state index contributed by atoms with van der Waals surface area (Å²) in [6.45, 7) is 10.5. The summed E-state index contributed by atoms with van der Waals surface area (Å²) in [6.07, 6.45) is 1.12. The third-order valence-corrected chi connectivity index (χ3v) is 3.24. The predicted octanol–water partition coefficient (Wildman–Crippen LogP) is 0.709. The van der Waals surface area contributed by atoms with Crippen molar-refractivity contribution in [1.82, 2.24) is 4.90 Å². The molecule has 0 aromatic carbocycles. The number of hydrogen-bond acceptors (Lipinski definition) is 4. The number of rotatable bonds is 8. The highest BCUT2D eigenvalue weighted by Crippen LogP contribution is 2.15. The zero-order valence-corrected chi connectivity index (χ0v) is 10.7. The van der Waals surface area contributed by atoms with E-state index in [0.29, 0.717) is 5.92 Å². The van der Waals surface area contributed by atoms with Crippen LogP contribution in [0.15, 0.2) is 0 Å². The molecule has 0 spiro atoms. The molecule has 0 saturated carbocycles. The van der Waals surface area contributed by atoms with Gasteiger partial charge in [0.05, 0.1) is 13.2 Å². The largest absolute Gasteiger partial charge is 0.381 e. The van der Waals surface area contributed by atoms with Crippen molar-refractivity contribution >= 4 is 0 Å². The van der Waals surface area contributed by atoms with Crippen LogP contribution in [0.3, 0.4) is 0 Å². The molecule has 16 heavy (non-hydrogen) atoms. The van der Waals surface area contributed by atoms with Gasteiger partial charge in [-0.15, -0.1) is 0 Å². The van der Waals surface area contributed by atoms with E-state index in [9.17, 15) is 0 Å². The van der Waals surface area contributed by atoms with Crippen molar-refractivity contribution in [1.29, 1.82) is 0 Å². The van der Waals surface area contributed by atoms with Gasteiger partial charge in [0, 0.05) is 38.3 Å². The Balaban J connectivity index is 2.19. The summed E-state index contributed by atoms with van der Waals surface area (Å²) in [6, 6.07) is 0.240. The second kappa shape index (κ2) is 8.01. The molecule has 0 bridgehead atoms. The molecule has 1 aliphatic rings. The van der Waals surface area contributed by atoms with Gasteiger partial charge in [0.1, 0.15) is 0 Å². The zero-order chi connectivity index (χ0) is 11.8. The van der Waals surface area contributed by atoms with E-state index in [-0.39, 0.29) is 6.04 Å². The van der Waals surface area contributed by atoms with Gasteiger partial charge in [0.15, 0.2) is 0 Å². The van der Waals surface area contributed by atoms with Crippen molar-refractivity contribution in [2.75, 3.05) is 46.1 Å². The molecular weight excluding hydrogens is 204 g/mol. The number of nitrogens with zero attached hydrogens (tertiary/aromatic N) is 1. The lowest BCUT2D eigenvalue weighted by Crippen LogP contribution is -2.43. The number of likely N-dealkylation sites (N-methyl/N-ethyl adjacent to an activating group) is 1. The first-order valence-corrected chi connectivity index (χ1v) is 6.41. The van der Waals surface area contributed by atoms with Crippen molar-refractivity contribution in [3.8, 4) is 0 Å². The molecule has 0 radical (unpaired) electrons. The molecule has 0 amide bonds. The van der Waals surface area contributed by atoms with Crippen LogP contribution in [-0.2, 0) is 9.47 Å². The molecule has 2 N–H and O–H groups in total. The highest BCUT2D eigenvalue weighted by atomic mass is 16.5. The van der Waals surface area contributed by atoms with E-state index in [4.69, 9.17) is 15.2 Å². The molecule has 0 aliphatic carbocycles. The van der Waals surface area contributed by atoms with Crippen LogP contribution >= 0.6 is 0 Å². The Morgan fingerprint density at radius 3 is 2.88 bits per heavy atom. The van der Waals surface area contributed by atoms with Crippen LogP contribution in [0, 0.1) is 5.92 Å². The molecule has 4 heteroatoms. The van der Waals surface area contributed by atoms with Crippen molar-refractivity contribution in [2.24, 2.45) is 11.7 Å². The second-order valence-corrected chi connectivity index (χ2v) is 4.38. The summed E-state index contributed by atoms with van der Waals surface area (Å²) in [5.74, 6) is 0.543. The summed E-state index contributed by atoms with van der Waals surface area (Å²) < 4.78 is 10.7. The Bertz CT molecular complexity index is 172. The van der Waals surface area contributed by atoms with Gasteiger partial charge in [-0.05, 0) is 19.9 Å².